The minimum absolute atomic E-state index is 0. The standard InChI is InChI=1S/C22H24N2O2.2ClH/c1-26-21(17-24-14-9-18(21)10-15-24)11-12-22(25,19-6-3-2-4-7-19)20-8-5-13-23-16-20;;/h2-8,13,16,18,25H,9-10,14-15,17H2,1H3;2*1H/t21-,22+;;/m1../s1. The Kier molecular flexibility index (Phi) is 7.50. The summed E-state index contributed by atoms with van der Waals surface area (Å²) in [7, 11) is 1.74. The number of hydrogen-bond acceptors (Lipinski definition) is 4. The molecule has 0 aliphatic carbocycles. The summed E-state index contributed by atoms with van der Waals surface area (Å²) in [6.07, 6.45) is 5.57. The number of halogens is 2. The van der Waals surface area contributed by atoms with Crippen molar-refractivity contribution in [1.29, 1.82) is 0 Å². The van der Waals surface area contributed by atoms with Gasteiger partial charge in [0, 0.05) is 43.1 Å². The molecule has 150 valence electrons. The zero-order valence-electron chi connectivity index (χ0n) is 15.9. The molecule has 3 saturated heterocycles. The maximum atomic E-state index is 11.6. The Balaban J connectivity index is 0.00000140. The number of hydrogen-bond donors (Lipinski definition) is 1. The Morgan fingerprint density at radius 2 is 1.79 bits per heavy atom. The quantitative estimate of drug-likeness (QED) is 0.773. The predicted octanol–water partition coefficient (Wildman–Crippen LogP) is 3.28. The highest BCUT2D eigenvalue weighted by Crippen LogP contribution is 2.38. The van der Waals surface area contributed by atoms with Gasteiger partial charge in [-0.15, -0.1) is 24.8 Å². The van der Waals surface area contributed by atoms with Crippen LogP contribution in [0.15, 0.2) is 54.9 Å². The highest BCUT2D eigenvalue weighted by Gasteiger charge is 2.46. The Morgan fingerprint density at radius 3 is 2.32 bits per heavy atom. The van der Waals surface area contributed by atoms with Crippen molar-refractivity contribution < 1.29 is 9.84 Å². The van der Waals surface area contributed by atoms with E-state index in [0.717, 1.165) is 38.0 Å². The zero-order chi connectivity index (χ0) is 18.0. The van der Waals surface area contributed by atoms with Gasteiger partial charge in [-0.3, -0.25) is 9.88 Å². The molecule has 3 fully saturated rings. The Labute approximate surface area is 179 Å². The lowest BCUT2D eigenvalue weighted by Crippen LogP contribution is -2.59. The smallest absolute Gasteiger partial charge is 0.178 e. The van der Waals surface area contributed by atoms with Crippen LogP contribution in [0.1, 0.15) is 24.0 Å². The van der Waals surface area contributed by atoms with Gasteiger partial charge in [-0.1, -0.05) is 48.2 Å². The maximum absolute atomic E-state index is 11.6. The summed E-state index contributed by atoms with van der Waals surface area (Å²) in [6, 6.07) is 13.3. The first-order valence-electron chi connectivity index (χ1n) is 9.16. The minimum Gasteiger partial charge on any atom is -0.369 e. The van der Waals surface area contributed by atoms with E-state index in [1.54, 1.807) is 19.5 Å². The van der Waals surface area contributed by atoms with E-state index in [4.69, 9.17) is 4.74 Å². The number of nitrogens with zero attached hydrogens (tertiary/aromatic N) is 2. The average molecular weight is 421 g/mol. The highest BCUT2D eigenvalue weighted by atomic mass is 35.5. The van der Waals surface area contributed by atoms with Crippen LogP contribution in [-0.2, 0) is 10.3 Å². The van der Waals surface area contributed by atoms with E-state index in [-0.39, 0.29) is 24.8 Å². The SMILES string of the molecule is CO[C@]1(C#C[C@](O)(c2ccccc2)c2cccnc2)CN2CCC1CC2.Cl.Cl. The van der Waals surface area contributed by atoms with Crippen LogP contribution in [-0.4, -0.2) is 47.3 Å². The summed E-state index contributed by atoms with van der Waals surface area (Å²) in [5, 5.41) is 11.6. The van der Waals surface area contributed by atoms with Crippen molar-refractivity contribution in [3.8, 4) is 11.8 Å². The molecule has 2 aromatic rings. The van der Waals surface area contributed by atoms with Crippen LogP contribution in [0.2, 0.25) is 0 Å². The van der Waals surface area contributed by atoms with Gasteiger partial charge in [0.05, 0.1) is 0 Å². The molecule has 28 heavy (non-hydrogen) atoms. The van der Waals surface area contributed by atoms with Crippen LogP contribution in [0.4, 0.5) is 0 Å². The number of pyridine rings is 1. The fourth-order valence-electron chi connectivity index (χ4n) is 4.21. The van der Waals surface area contributed by atoms with E-state index >= 15 is 0 Å². The summed E-state index contributed by atoms with van der Waals surface area (Å²) in [4.78, 5) is 6.59. The third-order valence-electron chi connectivity index (χ3n) is 5.80. The Hall–Kier alpha value is -1.61. The van der Waals surface area contributed by atoms with Gasteiger partial charge >= 0.3 is 0 Å². The molecule has 5 rings (SSSR count). The molecule has 0 spiro atoms. The van der Waals surface area contributed by atoms with Gasteiger partial charge in [0.15, 0.2) is 5.60 Å². The lowest BCUT2D eigenvalue weighted by atomic mass is 9.75. The molecule has 6 heteroatoms. The fourth-order valence-corrected chi connectivity index (χ4v) is 4.21. The first-order chi connectivity index (χ1) is 12.7. The Bertz CT molecular complexity index is 775. The summed E-state index contributed by atoms with van der Waals surface area (Å²) >= 11 is 0. The van der Waals surface area contributed by atoms with Crippen LogP contribution >= 0.6 is 24.8 Å². The number of rotatable bonds is 3. The average Bonchev–Trinajstić information content (AvgIpc) is 2.74. The number of aromatic nitrogens is 1. The monoisotopic (exact) mass is 420 g/mol. The third kappa shape index (κ3) is 4.05. The van der Waals surface area contributed by atoms with Crippen LogP contribution in [0, 0.1) is 17.8 Å². The van der Waals surface area contributed by atoms with Crippen LogP contribution in [0.3, 0.4) is 0 Å². The van der Waals surface area contributed by atoms with Crippen LogP contribution in [0.5, 0.6) is 0 Å². The molecule has 0 unspecified atom stereocenters. The van der Waals surface area contributed by atoms with E-state index in [1.165, 1.54) is 0 Å². The van der Waals surface area contributed by atoms with E-state index < -0.39 is 11.2 Å². The zero-order valence-corrected chi connectivity index (χ0v) is 17.5. The van der Waals surface area contributed by atoms with E-state index in [0.29, 0.717) is 11.5 Å². The number of fused-ring (bicyclic) bond motifs is 3. The summed E-state index contributed by atoms with van der Waals surface area (Å²) in [5.41, 5.74) is -0.506. The van der Waals surface area contributed by atoms with Crippen molar-refractivity contribution in [2.24, 2.45) is 5.92 Å². The van der Waals surface area contributed by atoms with E-state index in [2.05, 4.69) is 21.7 Å². The molecular weight excluding hydrogens is 395 g/mol. The highest BCUT2D eigenvalue weighted by molar-refractivity contribution is 5.85. The lowest BCUT2D eigenvalue weighted by molar-refractivity contribution is -0.0964. The first kappa shape index (κ1) is 22.7. The molecule has 0 saturated carbocycles. The van der Waals surface area contributed by atoms with Crippen molar-refractivity contribution in [3.63, 3.8) is 0 Å². The molecule has 3 aliphatic heterocycles. The van der Waals surface area contributed by atoms with Gasteiger partial charge < -0.3 is 9.84 Å². The Morgan fingerprint density at radius 1 is 1.11 bits per heavy atom. The summed E-state index contributed by atoms with van der Waals surface area (Å²) < 4.78 is 5.94. The number of piperidine rings is 3. The number of benzene rings is 1. The van der Waals surface area contributed by atoms with Gasteiger partial charge in [0.1, 0.15) is 5.60 Å². The predicted molar refractivity (Wildman–Crippen MR) is 115 cm³/mol. The normalized spacial score (nSPS) is 27.4. The second-order valence-corrected chi connectivity index (χ2v) is 7.21. The molecule has 1 aromatic heterocycles. The molecule has 2 bridgehead atoms. The second-order valence-electron chi connectivity index (χ2n) is 7.21. The van der Waals surface area contributed by atoms with Crippen molar-refractivity contribution in [3.05, 3.63) is 66.0 Å². The van der Waals surface area contributed by atoms with Crippen molar-refractivity contribution >= 4 is 24.8 Å². The second kappa shape index (κ2) is 9.26. The van der Waals surface area contributed by atoms with Crippen molar-refractivity contribution in [2.75, 3.05) is 26.7 Å². The van der Waals surface area contributed by atoms with Gasteiger partial charge in [-0.25, -0.2) is 0 Å². The number of methoxy groups -OCH3 is 1. The molecule has 3 aliphatic rings. The molecule has 0 amide bonds. The fraction of sp³-hybridized carbons (Fsp3) is 0.409. The largest absolute Gasteiger partial charge is 0.369 e. The molecule has 1 aromatic carbocycles. The molecule has 0 radical (unpaired) electrons. The van der Waals surface area contributed by atoms with Gasteiger partial charge in [0.2, 0.25) is 0 Å². The minimum atomic E-state index is -1.41. The summed E-state index contributed by atoms with van der Waals surface area (Å²) in [5.74, 6) is 6.97. The third-order valence-corrected chi connectivity index (χ3v) is 5.80. The van der Waals surface area contributed by atoms with Crippen LogP contribution < -0.4 is 0 Å². The molecule has 2 atom stereocenters. The van der Waals surface area contributed by atoms with Crippen molar-refractivity contribution in [2.45, 2.75) is 24.0 Å². The summed E-state index contributed by atoms with van der Waals surface area (Å²) in [6.45, 7) is 3.03. The molecule has 1 N–H and O–H groups in total. The topological polar surface area (TPSA) is 45.6 Å². The van der Waals surface area contributed by atoms with Gasteiger partial charge in [-0.05, 0) is 32.0 Å². The van der Waals surface area contributed by atoms with Crippen molar-refractivity contribution in [1.82, 2.24) is 9.88 Å². The van der Waals surface area contributed by atoms with E-state index in [9.17, 15) is 5.11 Å². The first-order valence-corrected chi connectivity index (χ1v) is 9.16. The van der Waals surface area contributed by atoms with Gasteiger partial charge in [-0.2, -0.15) is 0 Å². The van der Waals surface area contributed by atoms with Crippen LogP contribution in [0.25, 0.3) is 0 Å². The maximum Gasteiger partial charge on any atom is 0.178 e. The number of ether oxygens (including phenoxy) is 1. The lowest BCUT2D eigenvalue weighted by Gasteiger charge is -2.49. The van der Waals surface area contributed by atoms with E-state index in [1.807, 2.05) is 42.5 Å². The number of aliphatic hydroxyl groups is 1. The molecule has 4 nitrogen and oxygen atoms in total. The molecular formula is C22H26Cl2N2O2. The molecule has 4 heterocycles. The van der Waals surface area contributed by atoms with Gasteiger partial charge in [0.25, 0.3) is 0 Å².